The highest BCUT2D eigenvalue weighted by Crippen LogP contribution is 2.27. The second-order valence-corrected chi connectivity index (χ2v) is 5.89. The Hall–Kier alpha value is -0.610. The van der Waals surface area contributed by atoms with E-state index >= 15 is 0 Å². The molecule has 18 heavy (non-hydrogen) atoms. The van der Waals surface area contributed by atoms with Crippen molar-refractivity contribution in [2.45, 2.75) is 25.9 Å². The molecule has 1 aromatic carbocycles. The quantitative estimate of drug-likeness (QED) is 0.872. The minimum absolute atomic E-state index is 0.193. The molecular weight excluding hydrogens is 287 g/mol. The van der Waals surface area contributed by atoms with E-state index in [-0.39, 0.29) is 12.1 Å². The Kier molecular flexibility index (Phi) is 4.62. The monoisotopic (exact) mass is 300 g/mol. The van der Waals surface area contributed by atoms with Gasteiger partial charge in [-0.05, 0) is 31.5 Å². The van der Waals surface area contributed by atoms with Gasteiger partial charge < -0.3 is 5.32 Å². The van der Waals surface area contributed by atoms with Crippen LogP contribution in [0.25, 0.3) is 0 Å². The first-order valence-corrected chi connectivity index (χ1v) is 7.32. The topological polar surface area (TPSA) is 24.9 Å². The van der Waals surface area contributed by atoms with E-state index in [2.05, 4.69) is 24.1 Å². The Balaban J connectivity index is 2.07. The Morgan fingerprint density at radius 2 is 1.94 bits per heavy atom. The molecule has 0 unspecified atom stereocenters. The third kappa shape index (κ3) is 3.23. The molecule has 0 saturated carbocycles. The number of nitrogens with one attached hydrogen (secondary N) is 1. The van der Waals surface area contributed by atoms with Crippen molar-refractivity contribution in [3.8, 4) is 0 Å². The van der Waals surface area contributed by atoms with Crippen LogP contribution in [0.1, 0.15) is 36.5 Å². The number of hydrogen-bond acceptors (Lipinski definition) is 3. The molecule has 0 amide bonds. The molecule has 2 rings (SSSR count). The molecule has 1 heterocycles. The summed E-state index contributed by atoms with van der Waals surface area (Å²) in [6.07, 6.45) is 1.82. The van der Waals surface area contributed by atoms with E-state index in [1.807, 2.05) is 29.8 Å². The Morgan fingerprint density at radius 1 is 1.17 bits per heavy atom. The van der Waals surface area contributed by atoms with Crippen molar-refractivity contribution in [1.82, 2.24) is 10.3 Å². The molecule has 0 fully saturated rings. The van der Waals surface area contributed by atoms with E-state index in [0.717, 1.165) is 10.6 Å². The van der Waals surface area contributed by atoms with E-state index in [1.54, 1.807) is 11.3 Å². The number of benzene rings is 1. The molecule has 2 nitrogen and oxygen atoms in total. The lowest BCUT2D eigenvalue weighted by Gasteiger charge is -2.19. The third-order valence-electron chi connectivity index (χ3n) is 2.77. The SMILES string of the molecule is C[C@H](N[C@H](C)c1nccs1)c1ccc(Cl)c(Cl)c1. The van der Waals surface area contributed by atoms with E-state index in [0.29, 0.717) is 10.0 Å². The summed E-state index contributed by atoms with van der Waals surface area (Å²) in [5.74, 6) is 0. The summed E-state index contributed by atoms with van der Waals surface area (Å²) < 4.78 is 0. The van der Waals surface area contributed by atoms with Gasteiger partial charge in [-0.15, -0.1) is 11.3 Å². The smallest absolute Gasteiger partial charge is 0.109 e. The van der Waals surface area contributed by atoms with Crippen molar-refractivity contribution < 1.29 is 0 Å². The van der Waals surface area contributed by atoms with Crippen LogP contribution in [-0.4, -0.2) is 4.98 Å². The molecule has 0 aliphatic heterocycles. The number of aromatic nitrogens is 1. The van der Waals surface area contributed by atoms with Gasteiger partial charge in [0.05, 0.1) is 16.1 Å². The number of thiazole rings is 1. The van der Waals surface area contributed by atoms with E-state index in [9.17, 15) is 0 Å². The number of hydrogen-bond donors (Lipinski definition) is 1. The van der Waals surface area contributed by atoms with Crippen LogP contribution in [0.5, 0.6) is 0 Å². The van der Waals surface area contributed by atoms with Gasteiger partial charge in [0.1, 0.15) is 5.01 Å². The fourth-order valence-corrected chi connectivity index (χ4v) is 2.73. The summed E-state index contributed by atoms with van der Waals surface area (Å²) in [6.45, 7) is 4.20. The van der Waals surface area contributed by atoms with Gasteiger partial charge in [0, 0.05) is 17.6 Å². The predicted molar refractivity (Wildman–Crippen MR) is 78.5 cm³/mol. The van der Waals surface area contributed by atoms with Crippen LogP contribution in [0, 0.1) is 0 Å². The van der Waals surface area contributed by atoms with Crippen molar-refractivity contribution in [3.05, 3.63) is 50.4 Å². The minimum Gasteiger partial charge on any atom is -0.302 e. The molecule has 0 radical (unpaired) electrons. The first-order valence-electron chi connectivity index (χ1n) is 5.68. The van der Waals surface area contributed by atoms with Crippen molar-refractivity contribution >= 4 is 34.5 Å². The Morgan fingerprint density at radius 3 is 2.56 bits per heavy atom. The summed E-state index contributed by atoms with van der Waals surface area (Å²) in [4.78, 5) is 4.30. The van der Waals surface area contributed by atoms with Crippen LogP contribution in [0.2, 0.25) is 10.0 Å². The summed E-state index contributed by atoms with van der Waals surface area (Å²) in [6, 6.07) is 6.12. The van der Waals surface area contributed by atoms with Gasteiger partial charge in [0.25, 0.3) is 0 Å². The molecule has 2 aromatic rings. The zero-order chi connectivity index (χ0) is 13.1. The molecule has 0 spiro atoms. The summed E-state index contributed by atoms with van der Waals surface area (Å²) in [5.41, 5.74) is 1.12. The van der Waals surface area contributed by atoms with Gasteiger partial charge in [0.2, 0.25) is 0 Å². The van der Waals surface area contributed by atoms with Crippen LogP contribution in [0.3, 0.4) is 0 Å². The number of nitrogens with zero attached hydrogens (tertiary/aromatic N) is 1. The summed E-state index contributed by atoms with van der Waals surface area (Å²) >= 11 is 13.6. The fourth-order valence-electron chi connectivity index (χ4n) is 1.77. The molecule has 0 saturated heterocycles. The first kappa shape index (κ1) is 13.8. The van der Waals surface area contributed by atoms with Crippen molar-refractivity contribution in [1.29, 1.82) is 0 Å². The highest BCUT2D eigenvalue weighted by Gasteiger charge is 2.13. The van der Waals surface area contributed by atoms with E-state index < -0.39 is 0 Å². The Bertz CT molecular complexity index is 514. The second kappa shape index (κ2) is 6.02. The van der Waals surface area contributed by atoms with Crippen LogP contribution < -0.4 is 5.32 Å². The Labute approximate surface area is 121 Å². The van der Waals surface area contributed by atoms with Gasteiger partial charge in [-0.25, -0.2) is 4.98 Å². The van der Waals surface area contributed by atoms with Crippen LogP contribution in [0.4, 0.5) is 0 Å². The molecule has 1 N–H and O–H groups in total. The van der Waals surface area contributed by atoms with Crippen LogP contribution >= 0.6 is 34.5 Å². The second-order valence-electron chi connectivity index (χ2n) is 4.15. The van der Waals surface area contributed by atoms with Gasteiger partial charge >= 0.3 is 0 Å². The molecule has 96 valence electrons. The van der Waals surface area contributed by atoms with Crippen LogP contribution in [0.15, 0.2) is 29.8 Å². The maximum Gasteiger partial charge on any atom is 0.109 e. The zero-order valence-electron chi connectivity index (χ0n) is 10.2. The normalized spacial score (nSPS) is 14.4. The molecular formula is C13H14Cl2N2S. The lowest BCUT2D eigenvalue weighted by Crippen LogP contribution is -2.22. The minimum atomic E-state index is 0.193. The van der Waals surface area contributed by atoms with Gasteiger partial charge in [-0.3, -0.25) is 0 Å². The third-order valence-corrected chi connectivity index (χ3v) is 4.46. The highest BCUT2D eigenvalue weighted by molar-refractivity contribution is 7.09. The van der Waals surface area contributed by atoms with E-state index in [4.69, 9.17) is 23.2 Å². The molecule has 0 aliphatic rings. The summed E-state index contributed by atoms with van der Waals surface area (Å²) in [7, 11) is 0. The van der Waals surface area contributed by atoms with Crippen molar-refractivity contribution in [2.24, 2.45) is 0 Å². The lowest BCUT2D eigenvalue weighted by atomic mass is 10.1. The molecule has 2 atom stereocenters. The van der Waals surface area contributed by atoms with Gasteiger partial charge in [-0.2, -0.15) is 0 Å². The zero-order valence-corrected chi connectivity index (χ0v) is 12.5. The molecule has 5 heteroatoms. The number of halogens is 2. The van der Waals surface area contributed by atoms with Crippen LogP contribution in [-0.2, 0) is 0 Å². The largest absolute Gasteiger partial charge is 0.302 e. The standard InChI is InChI=1S/C13H14Cl2N2S/c1-8(10-3-4-11(14)12(15)7-10)17-9(2)13-16-5-6-18-13/h3-9,17H,1-2H3/t8-,9+/m0/s1. The number of rotatable bonds is 4. The predicted octanol–water partition coefficient (Wildman–Crippen LogP) is 4.86. The van der Waals surface area contributed by atoms with Gasteiger partial charge in [0.15, 0.2) is 0 Å². The first-order chi connectivity index (χ1) is 8.58. The maximum absolute atomic E-state index is 6.02. The molecule has 0 bridgehead atoms. The summed E-state index contributed by atoms with van der Waals surface area (Å²) in [5, 5.41) is 7.73. The average Bonchev–Trinajstić information content (AvgIpc) is 2.86. The lowest BCUT2D eigenvalue weighted by molar-refractivity contribution is 0.493. The van der Waals surface area contributed by atoms with Crippen molar-refractivity contribution in [2.75, 3.05) is 0 Å². The molecule has 1 aromatic heterocycles. The molecule has 0 aliphatic carbocycles. The van der Waals surface area contributed by atoms with E-state index in [1.165, 1.54) is 0 Å². The maximum atomic E-state index is 6.02. The highest BCUT2D eigenvalue weighted by atomic mass is 35.5. The fraction of sp³-hybridized carbons (Fsp3) is 0.308. The average molecular weight is 301 g/mol. The van der Waals surface area contributed by atoms with Gasteiger partial charge in [-0.1, -0.05) is 29.3 Å². The van der Waals surface area contributed by atoms with Crippen molar-refractivity contribution in [3.63, 3.8) is 0 Å².